The van der Waals surface area contributed by atoms with Crippen molar-refractivity contribution in [2.75, 3.05) is 37.7 Å². The summed E-state index contributed by atoms with van der Waals surface area (Å²) in [7, 11) is 0. The number of carbonyl (C=O) groups is 1. The summed E-state index contributed by atoms with van der Waals surface area (Å²) in [5, 5.41) is 21.6. The van der Waals surface area contributed by atoms with Crippen LogP contribution in [0.5, 0.6) is 0 Å². The third-order valence-electron chi connectivity index (χ3n) is 7.29. The predicted octanol–water partition coefficient (Wildman–Crippen LogP) is 3.47. The molecule has 3 aromatic rings. The van der Waals surface area contributed by atoms with Crippen LogP contribution >= 0.6 is 11.6 Å². The van der Waals surface area contributed by atoms with Crippen molar-refractivity contribution >= 4 is 34.2 Å². The molecule has 1 aromatic heterocycles. The molecule has 0 aliphatic carbocycles. The molecule has 198 valence electrons. The van der Waals surface area contributed by atoms with E-state index in [-0.39, 0.29) is 35.2 Å². The fourth-order valence-corrected chi connectivity index (χ4v) is 5.48. The molecule has 0 bridgehead atoms. The maximum Gasteiger partial charge on any atom is 0.416 e. The van der Waals surface area contributed by atoms with E-state index < -0.39 is 17.8 Å². The van der Waals surface area contributed by atoms with E-state index in [1.165, 1.54) is 16.8 Å². The van der Waals surface area contributed by atoms with E-state index in [1.54, 1.807) is 17.9 Å². The molecule has 2 N–H and O–H groups in total. The van der Waals surface area contributed by atoms with E-state index in [0.29, 0.717) is 30.7 Å². The lowest BCUT2D eigenvalue weighted by Gasteiger charge is -2.42. The van der Waals surface area contributed by atoms with Gasteiger partial charge in [0.25, 0.3) is 0 Å². The van der Waals surface area contributed by atoms with Crippen LogP contribution in [0.3, 0.4) is 0 Å². The molecule has 2 saturated heterocycles. The molecule has 3 heterocycles. The zero-order chi connectivity index (χ0) is 26.3. The van der Waals surface area contributed by atoms with Gasteiger partial charge in [0, 0.05) is 30.3 Å². The Morgan fingerprint density at radius 3 is 2.76 bits per heavy atom. The molecule has 5 rings (SSSR count). The summed E-state index contributed by atoms with van der Waals surface area (Å²) in [4.78, 5) is 16.8. The fraction of sp³-hybridized carbons (Fsp3) is 0.480. The van der Waals surface area contributed by atoms with E-state index in [2.05, 4.69) is 20.5 Å². The minimum atomic E-state index is -4.57. The van der Waals surface area contributed by atoms with Crippen LogP contribution in [-0.2, 0) is 11.0 Å². The summed E-state index contributed by atoms with van der Waals surface area (Å²) < 4.78 is 42.7. The van der Waals surface area contributed by atoms with Gasteiger partial charge in [-0.05, 0) is 62.2 Å². The van der Waals surface area contributed by atoms with Gasteiger partial charge in [0.05, 0.1) is 35.8 Å². The van der Waals surface area contributed by atoms with Crippen molar-refractivity contribution < 1.29 is 23.1 Å². The van der Waals surface area contributed by atoms with E-state index in [9.17, 15) is 23.1 Å². The minimum absolute atomic E-state index is 0.00813. The zero-order valence-electron chi connectivity index (χ0n) is 20.2. The van der Waals surface area contributed by atoms with E-state index >= 15 is 0 Å². The Kier molecular flexibility index (Phi) is 7.03. The third-order valence-corrected chi connectivity index (χ3v) is 7.53. The summed E-state index contributed by atoms with van der Waals surface area (Å²) in [6.45, 7) is 3.77. The number of aliphatic hydroxyl groups excluding tert-OH is 1. The average molecular weight is 537 g/mol. The molecule has 2 aliphatic rings. The molecule has 37 heavy (non-hydrogen) atoms. The molecule has 0 radical (unpaired) electrons. The molecule has 1 unspecified atom stereocenters. The number of rotatable bonds is 5. The summed E-state index contributed by atoms with van der Waals surface area (Å²) in [6.07, 6.45) is -2.81. The first-order valence-electron chi connectivity index (χ1n) is 12.3. The first-order chi connectivity index (χ1) is 17.7. The minimum Gasteiger partial charge on any atom is -0.394 e. The number of amides is 1. The summed E-state index contributed by atoms with van der Waals surface area (Å²) in [6, 6.07) is 7.92. The van der Waals surface area contributed by atoms with Crippen molar-refractivity contribution in [1.29, 1.82) is 0 Å². The molecule has 8 nitrogen and oxygen atoms in total. The number of aliphatic hydroxyl groups is 1. The van der Waals surface area contributed by atoms with E-state index in [4.69, 9.17) is 11.6 Å². The van der Waals surface area contributed by atoms with Crippen molar-refractivity contribution in [3.8, 4) is 0 Å². The lowest BCUT2D eigenvalue weighted by molar-refractivity contribution is -0.138. The number of benzene rings is 2. The molecule has 1 amide bonds. The van der Waals surface area contributed by atoms with Crippen LogP contribution in [0.1, 0.15) is 36.9 Å². The Bertz CT molecular complexity index is 1290. The summed E-state index contributed by atoms with van der Waals surface area (Å²) in [5.74, 6) is 0.0196. The SMILES string of the molecule is C[C@H](c1ccc(Cl)cc1C(F)(F)F)n1nnc2ccc(N3CCN(C(=O)[C@H]4CCCN4)C(CO)C3)cc21. The van der Waals surface area contributed by atoms with Gasteiger partial charge >= 0.3 is 6.18 Å². The van der Waals surface area contributed by atoms with Crippen molar-refractivity contribution in [1.82, 2.24) is 25.2 Å². The van der Waals surface area contributed by atoms with Gasteiger partial charge in [-0.15, -0.1) is 5.10 Å². The highest BCUT2D eigenvalue weighted by atomic mass is 35.5. The zero-order valence-corrected chi connectivity index (χ0v) is 21.0. The average Bonchev–Trinajstić information content (AvgIpc) is 3.57. The van der Waals surface area contributed by atoms with E-state index in [0.717, 1.165) is 31.1 Å². The second-order valence-electron chi connectivity index (χ2n) is 9.58. The highest BCUT2D eigenvalue weighted by molar-refractivity contribution is 6.30. The van der Waals surface area contributed by atoms with Crippen molar-refractivity contribution in [2.24, 2.45) is 0 Å². The predicted molar refractivity (Wildman–Crippen MR) is 134 cm³/mol. The Hall–Kier alpha value is -2.89. The number of piperazine rings is 1. The number of hydrogen-bond acceptors (Lipinski definition) is 6. The lowest BCUT2D eigenvalue weighted by Crippen LogP contribution is -2.59. The number of nitrogens with one attached hydrogen (secondary N) is 1. The van der Waals surface area contributed by atoms with Crippen LogP contribution in [-0.4, -0.2) is 75.8 Å². The van der Waals surface area contributed by atoms with Crippen molar-refractivity contribution in [3.63, 3.8) is 0 Å². The van der Waals surface area contributed by atoms with Gasteiger partial charge in [-0.25, -0.2) is 4.68 Å². The maximum atomic E-state index is 13.7. The van der Waals surface area contributed by atoms with Crippen LogP contribution in [0.4, 0.5) is 18.9 Å². The number of anilines is 1. The van der Waals surface area contributed by atoms with Crippen molar-refractivity contribution in [3.05, 3.63) is 52.5 Å². The van der Waals surface area contributed by atoms with Crippen LogP contribution in [0.15, 0.2) is 36.4 Å². The van der Waals surface area contributed by atoms with Gasteiger partial charge in [0.15, 0.2) is 0 Å². The number of alkyl halides is 3. The van der Waals surface area contributed by atoms with Gasteiger partial charge < -0.3 is 20.2 Å². The molecular formula is C25H28ClF3N6O2. The molecule has 2 aliphatic heterocycles. The monoisotopic (exact) mass is 536 g/mol. The number of hydrogen-bond donors (Lipinski definition) is 2. The lowest BCUT2D eigenvalue weighted by atomic mass is 10.0. The molecule has 0 saturated carbocycles. The highest BCUT2D eigenvalue weighted by Gasteiger charge is 2.37. The fourth-order valence-electron chi connectivity index (χ4n) is 5.31. The molecule has 0 spiro atoms. The number of nitrogens with zero attached hydrogens (tertiary/aromatic N) is 5. The van der Waals surface area contributed by atoms with Crippen LogP contribution in [0, 0.1) is 0 Å². The van der Waals surface area contributed by atoms with Gasteiger partial charge in [0.1, 0.15) is 5.52 Å². The normalized spacial score (nSPS) is 21.6. The molecule has 3 atom stereocenters. The number of halogens is 4. The number of fused-ring (bicyclic) bond motifs is 1. The quantitative estimate of drug-likeness (QED) is 0.519. The number of aromatic nitrogens is 3. The summed E-state index contributed by atoms with van der Waals surface area (Å²) >= 11 is 5.86. The second kappa shape index (κ2) is 10.1. The first-order valence-corrected chi connectivity index (χ1v) is 12.7. The van der Waals surface area contributed by atoms with Crippen molar-refractivity contribution in [2.45, 2.75) is 44.1 Å². The molecule has 12 heteroatoms. The van der Waals surface area contributed by atoms with Crippen LogP contribution in [0.25, 0.3) is 11.0 Å². The highest BCUT2D eigenvalue weighted by Crippen LogP contribution is 2.38. The van der Waals surface area contributed by atoms with Gasteiger partial charge in [0.2, 0.25) is 5.91 Å². The molecule has 2 fully saturated rings. The van der Waals surface area contributed by atoms with Crippen LogP contribution in [0.2, 0.25) is 5.02 Å². The smallest absolute Gasteiger partial charge is 0.394 e. The Morgan fingerprint density at radius 1 is 1.24 bits per heavy atom. The first kappa shape index (κ1) is 25.7. The number of carbonyl (C=O) groups excluding carboxylic acids is 1. The summed E-state index contributed by atoms with van der Waals surface area (Å²) in [5.41, 5.74) is 1.19. The second-order valence-corrected chi connectivity index (χ2v) is 10.0. The Balaban J connectivity index is 1.42. The standard InChI is InChI=1S/C25H28ClF3N6O2/c1-15(19-6-4-16(26)11-20(19)25(27,28)29)35-23-12-17(5-7-21(23)31-32-35)33-9-10-34(18(13-33)14-36)24(37)22-3-2-8-30-22/h4-7,11-12,15,18,22,30,36H,2-3,8-10,13-14H2,1H3/t15-,18?,22-/m1/s1. The Morgan fingerprint density at radius 2 is 2.05 bits per heavy atom. The van der Waals surface area contributed by atoms with E-state index in [1.807, 2.05) is 12.1 Å². The largest absolute Gasteiger partial charge is 0.416 e. The molecule has 2 aromatic carbocycles. The Labute approximate surface area is 217 Å². The topological polar surface area (TPSA) is 86.5 Å². The van der Waals surface area contributed by atoms with Gasteiger partial charge in [-0.1, -0.05) is 22.9 Å². The van der Waals surface area contributed by atoms with Crippen LogP contribution < -0.4 is 10.2 Å². The molecular weight excluding hydrogens is 509 g/mol. The third kappa shape index (κ3) is 4.99. The van der Waals surface area contributed by atoms with Gasteiger partial charge in [-0.3, -0.25) is 4.79 Å². The maximum absolute atomic E-state index is 13.7. The van der Waals surface area contributed by atoms with Gasteiger partial charge in [-0.2, -0.15) is 13.2 Å².